The van der Waals surface area contributed by atoms with Gasteiger partial charge < -0.3 is 5.32 Å². The van der Waals surface area contributed by atoms with E-state index in [0.717, 1.165) is 28.6 Å². The molecule has 0 fully saturated rings. The smallest absolute Gasteiger partial charge is 0.356 e. The fraction of sp³-hybridized carbons (Fsp3) is 0.0741. The second-order valence-electron chi connectivity index (χ2n) is 7.76. The van der Waals surface area contributed by atoms with E-state index in [1.165, 1.54) is 6.07 Å². The molecule has 0 bridgehead atoms. The molecule has 0 aliphatic rings. The molecule has 5 rings (SSSR count). The average molecular weight is 443 g/mol. The first-order valence-electron chi connectivity index (χ1n) is 10.5. The Kier molecular flexibility index (Phi) is 5.34. The minimum Gasteiger partial charge on any atom is -0.356 e. The summed E-state index contributed by atoms with van der Waals surface area (Å²) in [6.07, 6.45) is -4.48. The second-order valence-corrected chi connectivity index (χ2v) is 7.76. The van der Waals surface area contributed by atoms with Crippen molar-refractivity contribution in [2.75, 3.05) is 5.32 Å². The highest BCUT2D eigenvalue weighted by molar-refractivity contribution is 5.95. The second kappa shape index (κ2) is 8.47. The van der Waals surface area contributed by atoms with E-state index in [4.69, 9.17) is 0 Å². The van der Waals surface area contributed by atoms with E-state index in [0.29, 0.717) is 17.6 Å². The van der Waals surface area contributed by atoms with Crippen LogP contribution < -0.4 is 5.32 Å². The Morgan fingerprint density at radius 2 is 1.33 bits per heavy atom. The lowest BCUT2D eigenvalue weighted by Gasteiger charge is -2.11. The number of benzene rings is 4. The molecule has 0 aliphatic heterocycles. The monoisotopic (exact) mass is 443 g/mol. The van der Waals surface area contributed by atoms with Crippen molar-refractivity contribution in [3.05, 3.63) is 114 Å². The van der Waals surface area contributed by atoms with Gasteiger partial charge in [-0.1, -0.05) is 72.8 Å². The van der Waals surface area contributed by atoms with Gasteiger partial charge in [-0.2, -0.15) is 18.3 Å². The van der Waals surface area contributed by atoms with Crippen LogP contribution in [0.3, 0.4) is 0 Å². The third-order valence-corrected chi connectivity index (χ3v) is 5.47. The highest BCUT2D eigenvalue weighted by Crippen LogP contribution is 2.38. The highest BCUT2D eigenvalue weighted by atomic mass is 19.4. The molecule has 5 aromatic rings. The van der Waals surface area contributed by atoms with Gasteiger partial charge in [-0.05, 0) is 35.9 Å². The maximum Gasteiger partial charge on any atom is 0.418 e. The van der Waals surface area contributed by atoms with Crippen LogP contribution in [0, 0.1) is 0 Å². The van der Waals surface area contributed by atoms with E-state index in [1.807, 2.05) is 84.9 Å². The topological polar surface area (TPSA) is 29.9 Å². The fourth-order valence-corrected chi connectivity index (χ4v) is 3.96. The number of rotatable bonds is 5. The van der Waals surface area contributed by atoms with Gasteiger partial charge in [0.25, 0.3) is 0 Å². The molecule has 1 N–H and O–H groups in total. The summed E-state index contributed by atoms with van der Waals surface area (Å²) in [6, 6.07) is 31.2. The Morgan fingerprint density at radius 3 is 2.00 bits per heavy atom. The van der Waals surface area contributed by atoms with Crippen LogP contribution in [-0.4, -0.2) is 9.78 Å². The van der Waals surface area contributed by atoms with Crippen molar-refractivity contribution >= 4 is 22.3 Å². The van der Waals surface area contributed by atoms with Crippen molar-refractivity contribution < 1.29 is 13.2 Å². The van der Waals surface area contributed by atoms with Gasteiger partial charge in [-0.25, -0.2) is 0 Å². The Labute approximate surface area is 189 Å². The van der Waals surface area contributed by atoms with Crippen molar-refractivity contribution in [3.8, 4) is 11.3 Å². The number of hydrogen-bond acceptors (Lipinski definition) is 2. The first kappa shape index (κ1) is 20.8. The lowest BCUT2D eigenvalue weighted by molar-refractivity contribution is -0.136. The van der Waals surface area contributed by atoms with Gasteiger partial charge in [0.15, 0.2) is 0 Å². The van der Waals surface area contributed by atoms with Crippen molar-refractivity contribution in [3.63, 3.8) is 0 Å². The van der Waals surface area contributed by atoms with Crippen LogP contribution in [0.2, 0.25) is 0 Å². The van der Waals surface area contributed by atoms with E-state index in [9.17, 15) is 13.2 Å². The van der Waals surface area contributed by atoms with Gasteiger partial charge in [0.05, 0.1) is 17.8 Å². The van der Waals surface area contributed by atoms with Gasteiger partial charge in [-0.15, -0.1) is 0 Å². The van der Waals surface area contributed by atoms with Gasteiger partial charge in [0.1, 0.15) is 5.52 Å². The summed E-state index contributed by atoms with van der Waals surface area (Å²) < 4.78 is 42.7. The van der Waals surface area contributed by atoms with Gasteiger partial charge in [0.2, 0.25) is 0 Å². The fourth-order valence-electron chi connectivity index (χ4n) is 3.96. The van der Waals surface area contributed by atoms with Gasteiger partial charge in [0, 0.05) is 22.3 Å². The molecule has 33 heavy (non-hydrogen) atoms. The first-order valence-corrected chi connectivity index (χ1v) is 10.5. The standard InChI is InChI=1S/C27H20F3N3/c28-27(29,30)24-13-7-12-23-25(24)32-33(18-19-8-3-1-4-9-19)26(23)20-14-16-22(17-15-20)31-21-10-5-2-6-11-21/h1-17,31H,18H2. The summed E-state index contributed by atoms with van der Waals surface area (Å²) in [7, 11) is 0. The van der Waals surface area contributed by atoms with Crippen molar-refractivity contribution in [2.24, 2.45) is 0 Å². The predicted molar refractivity (Wildman–Crippen MR) is 125 cm³/mol. The number of aromatic nitrogens is 2. The van der Waals surface area contributed by atoms with Crippen LogP contribution in [-0.2, 0) is 12.7 Å². The van der Waals surface area contributed by atoms with E-state index in [-0.39, 0.29) is 5.52 Å². The van der Waals surface area contributed by atoms with Crippen LogP contribution in [0.15, 0.2) is 103 Å². The number of hydrogen-bond donors (Lipinski definition) is 1. The van der Waals surface area contributed by atoms with E-state index in [1.54, 1.807) is 10.7 Å². The largest absolute Gasteiger partial charge is 0.418 e. The normalized spacial score (nSPS) is 11.6. The minimum atomic E-state index is -4.48. The molecule has 0 amide bonds. The quantitative estimate of drug-likeness (QED) is 0.305. The zero-order chi connectivity index (χ0) is 22.8. The number of fused-ring (bicyclic) bond motifs is 1. The summed E-state index contributed by atoms with van der Waals surface area (Å²) >= 11 is 0. The number of anilines is 2. The molecule has 1 heterocycles. The SMILES string of the molecule is FC(F)(F)c1cccc2c(-c3ccc(Nc4ccccc4)cc3)n(Cc3ccccc3)nc12. The molecule has 164 valence electrons. The lowest BCUT2D eigenvalue weighted by Crippen LogP contribution is -2.06. The van der Waals surface area contributed by atoms with Crippen molar-refractivity contribution in [1.82, 2.24) is 9.78 Å². The molecule has 0 saturated carbocycles. The molecular formula is C27H20F3N3. The van der Waals surface area contributed by atoms with Crippen molar-refractivity contribution in [1.29, 1.82) is 0 Å². The maximum absolute atomic E-state index is 13.7. The van der Waals surface area contributed by atoms with Crippen LogP contribution in [0.5, 0.6) is 0 Å². The van der Waals surface area contributed by atoms with Crippen LogP contribution in [0.4, 0.5) is 24.5 Å². The molecule has 0 unspecified atom stereocenters. The number of para-hydroxylation sites is 1. The van der Waals surface area contributed by atoms with Gasteiger partial charge >= 0.3 is 6.18 Å². The summed E-state index contributed by atoms with van der Waals surface area (Å²) in [5, 5.41) is 8.22. The van der Waals surface area contributed by atoms with E-state index >= 15 is 0 Å². The summed E-state index contributed by atoms with van der Waals surface area (Å²) in [6.45, 7) is 0.367. The third-order valence-electron chi connectivity index (χ3n) is 5.47. The maximum atomic E-state index is 13.7. The average Bonchev–Trinajstić information content (AvgIpc) is 3.18. The van der Waals surface area contributed by atoms with Gasteiger partial charge in [-0.3, -0.25) is 4.68 Å². The summed E-state index contributed by atoms with van der Waals surface area (Å²) in [5.41, 5.74) is 3.50. The Bertz CT molecular complexity index is 1370. The zero-order valence-corrected chi connectivity index (χ0v) is 17.6. The number of alkyl halides is 3. The molecule has 3 nitrogen and oxygen atoms in total. The first-order chi connectivity index (χ1) is 16.0. The molecule has 0 spiro atoms. The third kappa shape index (κ3) is 4.32. The Morgan fingerprint density at radius 1 is 0.697 bits per heavy atom. The van der Waals surface area contributed by atoms with Crippen molar-refractivity contribution in [2.45, 2.75) is 12.7 Å². The number of nitrogens with zero attached hydrogens (tertiary/aromatic N) is 2. The number of halogens is 3. The molecule has 0 aliphatic carbocycles. The summed E-state index contributed by atoms with van der Waals surface area (Å²) in [5.74, 6) is 0. The van der Waals surface area contributed by atoms with Crippen LogP contribution >= 0.6 is 0 Å². The molecule has 4 aromatic carbocycles. The van der Waals surface area contributed by atoms with Crippen LogP contribution in [0.1, 0.15) is 11.1 Å². The summed E-state index contributed by atoms with van der Waals surface area (Å²) in [4.78, 5) is 0. The molecule has 0 radical (unpaired) electrons. The number of nitrogens with one attached hydrogen (secondary N) is 1. The molecule has 6 heteroatoms. The van der Waals surface area contributed by atoms with E-state index in [2.05, 4.69) is 10.4 Å². The Balaban J connectivity index is 1.60. The van der Waals surface area contributed by atoms with E-state index < -0.39 is 11.7 Å². The molecule has 0 saturated heterocycles. The Hall–Kier alpha value is -4.06. The minimum absolute atomic E-state index is 0.0394. The molecular weight excluding hydrogens is 423 g/mol. The van der Waals surface area contributed by atoms with Crippen LogP contribution in [0.25, 0.3) is 22.2 Å². The molecule has 1 aromatic heterocycles. The zero-order valence-electron chi connectivity index (χ0n) is 17.6. The predicted octanol–water partition coefficient (Wildman–Crippen LogP) is 7.51. The lowest BCUT2D eigenvalue weighted by atomic mass is 10.0. The molecule has 0 atom stereocenters. The highest BCUT2D eigenvalue weighted by Gasteiger charge is 2.34.